The Balaban J connectivity index is 2.20. The van der Waals surface area contributed by atoms with Crippen molar-refractivity contribution in [3.8, 4) is 11.5 Å². The first-order chi connectivity index (χ1) is 8.69. The van der Waals surface area contributed by atoms with E-state index in [1.807, 2.05) is 7.05 Å². The molecule has 0 saturated heterocycles. The standard InChI is InChI=1S/C14H15N3O/c1-9-3-4-10-6-12(17(2)11(10)5-9)13-8-16-14(7-15)18-13/h3-6,8H,7,15H2,1-2H3. The third kappa shape index (κ3) is 1.62. The van der Waals surface area contributed by atoms with Crippen molar-refractivity contribution in [2.45, 2.75) is 13.5 Å². The number of nitrogens with zero attached hydrogens (tertiary/aromatic N) is 2. The monoisotopic (exact) mass is 241 g/mol. The van der Waals surface area contributed by atoms with E-state index < -0.39 is 0 Å². The van der Waals surface area contributed by atoms with E-state index in [9.17, 15) is 0 Å². The highest BCUT2D eigenvalue weighted by Crippen LogP contribution is 2.28. The van der Waals surface area contributed by atoms with Gasteiger partial charge in [0.25, 0.3) is 0 Å². The first-order valence-corrected chi connectivity index (χ1v) is 5.90. The summed E-state index contributed by atoms with van der Waals surface area (Å²) < 4.78 is 7.72. The summed E-state index contributed by atoms with van der Waals surface area (Å²) in [4.78, 5) is 4.13. The van der Waals surface area contributed by atoms with E-state index >= 15 is 0 Å². The van der Waals surface area contributed by atoms with Crippen LogP contribution in [0.2, 0.25) is 0 Å². The van der Waals surface area contributed by atoms with Gasteiger partial charge in [0.1, 0.15) is 0 Å². The van der Waals surface area contributed by atoms with Crippen LogP contribution in [0, 0.1) is 6.92 Å². The van der Waals surface area contributed by atoms with Crippen molar-refractivity contribution < 1.29 is 4.42 Å². The van der Waals surface area contributed by atoms with Crippen molar-refractivity contribution in [1.82, 2.24) is 9.55 Å². The predicted molar refractivity (Wildman–Crippen MR) is 71.0 cm³/mol. The van der Waals surface area contributed by atoms with Crippen molar-refractivity contribution in [3.05, 3.63) is 41.9 Å². The number of aromatic nitrogens is 2. The Hall–Kier alpha value is -2.07. The van der Waals surface area contributed by atoms with E-state index in [0.29, 0.717) is 12.4 Å². The molecular formula is C14H15N3O. The highest BCUT2D eigenvalue weighted by atomic mass is 16.4. The fourth-order valence-electron chi connectivity index (χ4n) is 2.20. The second-order valence-electron chi connectivity index (χ2n) is 4.47. The van der Waals surface area contributed by atoms with Crippen molar-refractivity contribution in [3.63, 3.8) is 0 Å². The molecule has 0 radical (unpaired) electrons. The molecule has 3 aromatic rings. The molecule has 2 aromatic heterocycles. The van der Waals surface area contributed by atoms with Crippen LogP contribution in [0.1, 0.15) is 11.5 Å². The summed E-state index contributed by atoms with van der Waals surface area (Å²) in [6.07, 6.45) is 1.73. The molecular weight excluding hydrogens is 226 g/mol. The lowest BCUT2D eigenvalue weighted by atomic mass is 10.2. The Morgan fingerprint density at radius 1 is 1.33 bits per heavy atom. The predicted octanol–water partition coefficient (Wildman–Crippen LogP) is 2.60. The average molecular weight is 241 g/mol. The summed E-state index contributed by atoms with van der Waals surface area (Å²) in [6.45, 7) is 2.41. The molecule has 0 fully saturated rings. The highest BCUT2D eigenvalue weighted by Gasteiger charge is 2.12. The average Bonchev–Trinajstić information content (AvgIpc) is 2.95. The number of aryl methyl sites for hydroxylation is 2. The smallest absolute Gasteiger partial charge is 0.208 e. The maximum absolute atomic E-state index is 5.60. The number of oxazole rings is 1. The quantitative estimate of drug-likeness (QED) is 0.750. The molecule has 4 nitrogen and oxygen atoms in total. The molecule has 0 saturated carbocycles. The lowest BCUT2D eigenvalue weighted by Gasteiger charge is -2.01. The Labute approximate surface area is 105 Å². The minimum atomic E-state index is 0.322. The second-order valence-corrected chi connectivity index (χ2v) is 4.47. The summed E-state index contributed by atoms with van der Waals surface area (Å²) >= 11 is 0. The lowest BCUT2D eigenvalue weighted by Crippen LogP contribution is -1.95. The first-order valence-electron chi connectivity index (χ1n) is 5.90. The molecule has 0 amide bonds. The van der Waals surface area contributed by atoms with Gasteiger partial charge in [0.05, 0.1) is 18.4 Å². The number of benzene rings is 1. The zero-order valence-electron chi connectivity index (χ0n) is 10.5. The largest absolute Gasteiger partial charge is 0.438 e. The molecule has 2 N–H and O–H groups in total. The fraction of sp³-hybridized carbons (Fsp3) is 0.214. The molecule has 2 heterocycles. The Bertz CT molecular complexity index is 709. The van der Waals surface area contributed by atoms with E-state index in [-0.39, 0.29) is 0 Å². The summed E-state index contributed by atoms with van der Waals surface area (Å²) in [7, 11) is 2.03. The topological polar surface area (TPSA) is 57.0 Å². The van der Waals surface area contributed by atoms with Crippen LogP contribution in [0.25, 0.3) is 22.4 Å². The van der Waals surface area contributed by atoms with E-state index in [4.69, 9.17) is 10.2 Å². The van der Waals surface area contributed by atoms with Gasteiger partial charge in [-0.25, -0.2) is 4.98 Å². The molecule has 18 heavy (non-hydrogen) atoms. The maximum atomic E-state index is 5.60. The molecule has 1 aromatic carbocycles. The summed E-state index contributed by atoms with van der Waals surface area (Å²) in [6, 6.07) is 8.50. The SMILES string of the molecule is Cc1ccc2cc(-c3cnc(CN)o3)n(C)c2c1. The summed E-state index contributed by atoms with van der Waals surface area (Å²) in [5.41, 5.74) is 8.96. The third-order valence-electron chi connectivity index (χ3n) is 3.18. The van der Waals surface area contributed by atoms with Gasteiger partial charge in [-0.05, 0) is 24.6 Å². The van der Waals surface area contributed by atoms with Gasteiger partial charge in [0, 0.05) is 18.0 Å². The van der Waals surface area contributed by atoms with Gasteiger partial charge in [0.15, 0.2) is 5.76 Å². The molecule has 0 aliphatic rings. The highest BCUT2D eigenvalue weighted by molar-refractivity contribution is 5.86. The van der Waals surface area contributed by atoms with Crippen molar-refractivity contribution >= 4 is 10.9 Å². The van der Waals surface area contributed by atoms with Crippen LogP contribution < -0.4 is 5.73 Å². The van der Waals surface area contributed by atoms with Gasteiger partial charge in [0.2, 0.25) is 5.89 Å². The van der Waals surface area contributed by atoms with E-state index in [0.717, 1.165) is 11.5 Å². The number of hydrogen-bond donors (Lipinski definition) is 1. The molecule has 4 heteroatoms. The zero-order valence-corrected chi connectivity index (χ0v) is 10.5. The Kier molecular flexibility index (Phi) is 2.45. The molecule has 0 unspecified atom stereocenters. The minimum absolute atomic E-state index is 0.322. The molecule has 3 rings (SSSR count). The molecule has 0 aliphatic carbocycles. The number of nitrogens with two attached hydrogens (primary N) is 1. The molecule has 0 atom stereocenters. The minimum Gasteiger partial charge on any atom is -0.438 e. The normalized spacial score (nSPS) is 11.3. The van der Waals surface area contributed by atoms with Crippen LogP contribution in [-0.2, 0) is 13.6 Å². The van der Waals surface area contributed by atoms with Gasteiger partial charge in [-0.15, -0.1) is 0 Å². The number of fused-ring (bicyclic) bond motifs is 1. The molecule has 92 valence electrons. The van der Waals surface area contributed by atoms with E-state index in [1.54, 1.807) is 6.20 Å². The van der Waals surface area contributed by atoms with Crippen LogP contribution >= 0.6 is 0 Å². The Morgan fingerprint density at radius 2 is 2.17 bits per heavy atom. The molecule has 0 aliphatic heterocycles. The Morgan fingerprint density at radius 3 is 2.89 bits per heavy atom. The molecule has 0 bridgehead atoms. The number of rotatable bonds is 2. The van der Waals surface area contributed by atoms with Crippen molar-refractivity contribution in [2.24, 2.45) is 12.8 Å². The van der Waals surface area contributed by atoms with Crippen molar-refractivity contribution in [1.29, 1.82) is 0 Å². The van der Waals surface area contributed by atoms with Gasteiger partial charge in [-0.1, -0.05) is 12.1 Å². The van der Waals surface area contributed by atoms with Crippen LogP contribution in [-0.4, -0.2) is 9.55 Å². The van der Waals surface area contributed by atoms with Crippen molar-refractivity contribution in [2.75, 3.05) is 0 Å². The van der Waals surface area contributed by atoms with E-state index in [1.165, 1.54) is 16.5 Å². The lowest BCUT2D eigenvalue weighted by molar-refractivity contribution is 0.506. The van der Waals surface area contributed by atoms with E-state index in [2.05, 4.69) is 40.7 Å². The van der Waals surface area contributed by atoms with Crippen LogP contribution in [0.4, 0.5) is 0 Å². The first kappa shape index (κ1) is 11.0. The second kappa shape index (κ2) is 3.99. The third-order valence-corrected chi connectivity index (χ3v) is 3.18. The fourth-order valence-corrected chi connectivity index (χ4v) is 2.20. The molecule has 0 spiro atoms. The number of hydrogen-bond acceptors (Lipinski definition) is 3. The van der Waals surface area contributed by atoms with Gasteiger partial charge in [-0.2, -0.15) is 0 Å². The summed E-state index contributed by atoms with van der Waals surface area (Å²) in [5, 5.41) is 1.20. The van der Waals surface area contributed by atoms with Crippen LogP contribution in [0.5, 0.6) is 0 Å². The summed E-state index contributed by atoms with van der Waals surface area (Å²) in [5.74, 6) is 1.32. The zero-order chi connectivity index (χ0) is 12.7. The van der Waals surface area contributed by atoms with Crippen LogP contribution in [0.15, 0.2) is 34.9 Å². The maximum Gasteiger partial charge on any atom is 0.208 e. The van der Waals surface area contributed by atoms with Gasteiger partial charge in [-0.3, -0.25) is 0 Å². The van der Waals surface area contributed by atoms with Gasteiger partial charge < -0.3 is 14.7 Å². The van der Waals surface area contributed by atoms with Crippen LogP contribution in [0.3, 0.4) is 0 Å². The van der Waals surface area contributed by atoms with Gasteiger partial charge >= 0.3 is 0 Å².